The summed E-state index contributed by atoms with van der Waals surface area (Å²) >= 11 is 0. The zero-order valence-corrected chi connectivity index (χ0v) is 13.8. The number of sulfone groups is 1. The Kier molecular flexibility index (Phi) is 4.33. The Morgan fingerprint density at radius 3 is 2.58 bits per heavy atom. The number of H-pyrrole nitrogens is 1. The molecule has 136 valence electrons. The highest BCUT2D eigenvalue weighted by molar-refractivity contribution is 7.91. The third-order valence-corrected chi connectivity index (χ3v) is 6.05. The van der Waals surface area contributed by atoms with Gasteiger partial charge in [0.15, 0.2) is 9.84 Å². The summed E-state index contributed by atoms with van der Waals surface area (Å²) < 4.78 is 39.9. The predicted octanol–water partition coefficient (Wildman–Crippen LogP) is 2.91. The van der Waals surface area contributed by atoms with Crippen molar-refractivity contribution in [3.8, 4) is 11.3 Å². The SMILES string of the molecule is C.NCCS(=O)(=O)c1cc(-c2ccc[nH]2)c2c3c(ccc(F)c13)NC2=O. The lowest BCUT2D eigenvalue weighted by Gasteiger charge is -2.13. The second-order valence-electron chi connectivity index (χ2n) is 5.79. The number of halogens is 1. The molecule has 0 saturated heterocycles. The molecule has 8 heteroatoms. The number of benzene rings is 2. The van der Waals surface area contributed by atoms with E-state index in [0.29, 0.717) is 16.9 Å². The molecule has 0 radical (unpaired) electrons. The highest BCUT2D eigenvalue weighted by atomic mass is 32.2. The molecule has 0 spiro atoms. The van der Waals surface area contributed by atoms with Crippen LogP contribution < -0.4 is 11.1 Å². The summed E-state index contributed by atoms with van der Waals surface area (Å²) in [4.78, 5) is 15.3. The maximum Gasteiger partial charge on any atom is 0.257 e. The van der Waals surface area contributed by atoms with E-state index >= 15 is 0 Å². The minimum absolute atomic E-state index is 0. The molecule has 1 aliphatic rings. The minimum atomic E-state index is -3.81. The van der Waals surface area contributed by atoms with Crippen LogP contribution in [0.15, 0.2) is 41.4 Å². The predicted molar refractivity (Wildman–Crippen MR) is 99.5 cm³/mol. The average molecular weight is 375 g/mol. The van der Waals surface area contributed by atoms with Crippen LogP contribution in [0.1, 0.15) is 17.8 Å². The van der Waals surface area contributed by atoms with Crippen LogP contribution in [0.4, 0.5) is 10.1 Å². The van der Waals surface area contributed by atoms with Gasteiger partial charge in [0.25, 0.3) is 5.91 Å². The van der Waals surface area contributed by atoms with E-state index in [-0.39, 0.29) is 41.0 Å². The Morgan fingerprint density at radius 2 is 1.92 bits per heavy atom. The van der Waals surface area contributed by atoms with Gasteiger partial charge in [-0.25, -0.2) is 12.8 Å². The smallest absolute Gasteiger partial charge is 0.257 e. The zero-order valence-electron chi connectivity index (χ0n) is 13.0. The maximum atomic E-state index is 14.6. The molecule has 0 saturated carbocycles. The van der Waals surface area contributed by atoms with Crippen LogP contribution in [0, 0.1) is 5.82 Å². The quantitative estimate of drug-likeness (QED) is 0.652. The summed E-state index contributed by atoms with van der Waals surface area (Å²) in [7, 11) is -3.81. The van der Waals surface area contributed by atoms with Crippen molar-refractivity contribution in [1.29, 1.82) is 0 Å². The third-order valence-electron chi connectivity index (χ3n) is 4.28. The molecule has 0 aliphatic carbocycles. The van der Waals surface area contributed by atoms with E-state index in [1.165, 1.54) is 12.1 Å². The molecule has 4 N–H and O–H groups in total. The Bertz CT molecular complexity index is 1120. The molecule has 26 heavy (non-hydrogen) atoms. The van der Waals surface area contributed by atoms with Gasteiger partial charge in [0.2, 0.25) is 0 Å². The first-order valence-electron chi connectivity index (χ1n) is 7.61. The molecule has 2 aromatic carbocycles. The van der Waals surface area contributed by atoms with Crippen molar-refractivity contribution in [1.82, 2.24) is 4.98 Å². The number of nitrogens with one attached hydrogen (secondary N) is 2. The first-order chi connectivity index (χ1) is 11.9. The fraction of sp³-hybridized carbons (Fsp3) is 0.167. The van der Waals surface area contributed by atoms with E-state index in [4.69, 9.17) is 5.73 Å². The van der Waals surface area contributed by atoms with Crippen molar-refractivity contribution in [2.75, 3.05) is 17.6 Å². The van der Waals surface area contributed by atoms with Crippen LogP contribution in [-0.2, 0) is 9.84 Å². The average Bonchev–Trinajstić information content (AvgIpc) is 3.20. The number of carbonyl (C=O) groups is 1. The molecule has 1 aromatic heterocycles. The van der Waals surface area contributed by atoms with E-state index in [1.54, 1.807) is 18.3 Å². The summed E-state index contributed by atoms with van der Waals surface area (Å²) in [5, 5.41) is 2.88. The molecule has 1 aliphatic heterocycles. The molecule has 6 nitrogen and oxygen atoms in total. The first kappa shape index (κ1) is 18.1. The molecular formula is C18H18FN3O3S. The Hall–Kier alpha value is -2.71. The number of nitrogens with two attached hydrogens (primary N) is 1. The van der Waals surface area contributed by atoms with Gasteiger partial charge in [-0.05, 0) is 30.3 Å². The van der Waals surface area contributed by atoms with E-state index in [0.717, 1.165) is 6.07 Å². The largest absolute Gasteiger partial charge is 0.361 e. The number of carbonyl (C=O) groups excluding carboxylic acids is 1. The zero-order chi connectivity index (χ0) is 17.8. The van der Waals surface area contributed by atoms with Gasteiger partial charge in [-0.1, -0.05) is 7.43 Å². The number of rotatable bonds is 4. The fourth-order valence-corrected chi connectivity index (χ4v) is 4.57. The molecule has 0 bridgehead atoms. The molecule has 2 heterocycles. The van der Waals surface area contributed by atoms with Crippen LogP contribution >= 0.6 is 0 Å². The number of anilines is 1. The minimum Gasteiger partial charge on any atom is -0.361 e. The van der Waals surface area contributed by atoms with Gasteiger partial charge in [-0.3, -0.25) is 4.79 Å². The third kappa shape index (κ3) is 2.49. The van der Waals surface area contributed by atoms with E-state index in [9.17, 15) is 17.6 Å². The molecule has 4 rings (SSSR count). The fourth-order valence-electron chi connectivity index (χ4n) is 3.23. The van der Waals surface area contributed by atoms with Crippen molar-refractivity contribution in [2.45, 2.75) is 12.3 Å². The monoisotopic (exact) mass is 375 g/mol. The molecule has 3 aromatic rings. The van der Waals surface area contributed by atoms with Crippen LogP contribution in [0.3, 0.4) is 0 Å². The van der Waals surface area contributed by atoms with Gasteiger partial charge in [0.1, 0.15) is 5.82 Å². The lowest BCUT2D eigenvalue weighted by molar-refractivity contribution is 0.103. The van der Waals surface area contributed by atoms with Crippen LogP contribution in [0.5, 0.6) is 0 Å². The molecule has 0 atom stereocenters. The van der Waals surface area contributed by atoms with E-state index in [1.807, 2.05) is 0 Å². The van der Waals surface area contributed by atoms with Gasteiger partial charge in [-0.2, -0.15) is 0 Å². The number of aromatic nitrogens is 1. The summed E-state index contributed by atoms with van der Waals surface area (Å²) in [5.41, 5.74) is 7.06. The summed E-state index contributed by atoms with van der Waals surface area (Å²) in [6, 6.07) is 7.40. The highest BCUT2D eigenvalue weighted by Gasteiger charge is 2.32. The van der Waals surface area contributed by atoms with Gasteiger partial charge in [0.05, 0.1) is 16.2 Å². The normalized spacial score (nSPS) is 12.9. The second-order valence-corrected chi connectivity index (χ2v) is 7.87. The summed E-state index contributed by atoms with van der Waals surface area (Å²) in [6.07, 6.45) is 1.67. The summed E-state index contributed by atoms with van der Waals surface area (Å²) in [6.45, 7) is -0.0814. The van der Waals surface area contributed by atoms with Gasteiger partial charge in [0, 0.05) is 40.5 Å². The Morgan fingerprint density at radius 1 is 1.15 bits per heavy atom. The van der Waals surface area contributed by atoms with Crippen LogP contribution in [0.25, 0.3) is 22.0 Å². The van der Waals surface area contributed by atoms with Gasteiger partial charge in [-0.15, -0.1) is 0 Å². The molecule has 0 fully saturated rings. The van der Waals surface area contributed by atoms with Gasteiger partial charge >= 0.3 is 0 Å². The van der Waals surface area contributed by atoms with E-state index in [2.05, 4.69) is 10.3 Å². The lowest BCUT2D eigenvalue weighted by Crippen LogP contribution is -2.17. The number of amides is 1. The Balaban J connectivity index is 0.00000196. The van der Waals surface area contributed by atoms with Crippen molar-refractivity contribution >= 4 is 32.2 Å². The second kappa shape index (κ2) is 6.22. The van der Waals surface area contributed by atoms with E-state index < -0.39 is 21.6 Å². The molecular weight excluding hydrogens is 357 g/mol. The van der Waals surface area contributed by atoms with Crippen molar-refractivity contribution in [3.05, 3.63) is 47.9 Å². The number of hydrogen-bond acceptors (Lipinski definition) is 4. The van der Waals surface area contributed by atoms with Crippen molar-refractivity contribution in [2.24, 2.45) is 5.73 Å². The maximum absolute atomic E-state index is 14.6. The number of aromatic amines is 1. The lowest BCUT2D eigenvalue weighted by atomic mass is 9.97. The van der Waals surface area contributed by atoms with Gasteiger partial charge < -0.3 is 16.0 Å². The highest BCUT2D eigenvalue weighted by Crippen LogP contribution is 2.43. The van der Waals surface area contributed by atoms with Crippen LogP contribution in [0.2, 0.25) is 0 Å². The number of hydrogen-bond donors (Lipinski definition) is 3. The Labute approximate surface area is 150 Å². The van der Waals surface area contributed by atoms with Crippen molar-refractivity contribution < 1.29 is 17.6 Å². The standard InChI is InChI=1S/C17H14FN3O3S.CH4/c18-10-3-4-12-16-14(17(22)21-12)9(11-2-1-6-20-11)8-13(15(10)16)25(23,24)7-5-19;/h1-4,6,8,20H,5,7,19H2,(H,21,22);1H4. The molecule has 1 amide bonds. The molecule has 0 unspecified atom stereocenters. The first-order valence-corrected chi connectivity index (χ1v) is 9.26. The summed E-state index contributed by atoms with van der Waals surface area (Å²) in [5.74, 6) is -1.39. The van der Waals surface area contributed by atoms with Crippen molar-refractivity contribution in [3.63, 3.8) is 0 Å². The topological polar surface area (TPSA) is 105 Å². The van der Waals surface area contributed by atoms with Crippen LogP contribution in [-0.4, -0.2) is 31.6 Å².